The summed E-state index contributed by atoms with van der Waals surface area (Å²) in [5.41, 5.74) is 12.4. The van der Waals surface area contributed by atoms with Gasteiger partial charge in [0.05, 0.1) is 12.1 Å². The van der Waals surface area contributed by atoms with Crippen LogP contribution in [-0.2, 0) is 36.9 Å². The SMILES string of the molecule is CC(C)[C@H](NC(=O)[C@@H]1CC[C@H]2[C@H](NC(=O)CN=C(N)N)COC(=O)N12)C(=O)NC(Cc1ccccc1)C(=O)NCc1ccccc1. The Labute approximate surface area is 267 Å². The lowest BCUT2D eigenvalue weighted by atomic mass is 10.00. The molecule has 0 aliphatic carbocycles. The number of carbonyl (C=O) groups excluding carboxylic acids is 5. The molecule has 14 heteroatoms. The monoisotopic (exact) mass is 634 g/mol. The lowest BCUT2D eigenvalue weighted by molar-refractivity contribution is -0.134. The fourth-order valence-corrected chi connectivity index (χ4v) is 5.67. The Morgan fingerprint density at radius 2 is 1.59 bits per heavy atom. The lowest BCUT2D eigenvalue weighted by Crippen LogP contribution is -2.63. The Morgan fingerprint density at radius 3 is 2.22 bits per heavy atom. The van der Waals surface area contributed by atoms with Gasteiger partial charge >= 0.3 is 6.09 Å². The largest absolute Gasteiger partial charge is 0.447 e. The van der Waals surface area contributed by atoms with E-state index in [1.165, 1.54) is 4.90 Å². The average Bonchev–Trinajstić information content (AvgIpc) is 3.50. The summed E-state index contributed by atoms with van der Waals surface area (Å²) in [4.78, 5) is 70.7. The number of ether oxygens (including phenoxy) is 1. The van der Waals surface area contributed by atoms with Crippen LogP contribution in [0.2, 0.25) is 0 Å². The van der Waals surface area contributed by atoms with Crippen molar-refractivity contribution in [2.45, 2.75) is 69.9 Å². The molecule has 5 amide bonds. The van der Waals surface area contributed by atoms with Crippen molar-refractivity contribution in [1.29, 1.82) is 0 Å². The molecule has 14 nitrogen and oxygen atoms in total. The number of nitrogens with two attached hydrogens (primary N) is 2. The highest BCUT2D eigenvalue weighted by Crippen LogP contribution is 2.31. The van der Waals surface area contributed by atoms with E-state index in [0.29, 0.717) is 12.8 Å². The first kappa shape index (κ1) is 33.7. The van der Waals surface area contributed by atoms with E-state index >= 15 is 0 Å². The summed E-state index contributed by atoms with van der Waals surface area (Å²) >= 11 is 0. The molecular formula is C32H42N8O6. The molecule has 2 aromatic carbocycles. The molecule has 2 fully saturated rings. The molecule has 2 saturated heterocycles. The fraction of sp³-hybridized carbons (Fsp3) is 0.438. The standard InChI is InChI=1S/C32H42N8O6/c1-19(2)27(30(44)38-22(15-20-9-5-3-6-10-20)28(42)35-16-21-11-7-4-8-12-21)39-29(43)25-14-13-24-23(18-46-32(45)40(24)25)37-26(41)17-36-31(33)34/h3-12,19,22-25,27H,13-18H2,1-2H3,(H,35,42)(H,37,41)(H,38,44)(H,39,43)(H4,33,34,36)/t22?,23-,24+,25+,27+/m1/s1. The van der Waals surface area contributed by atoms with E-state index in [0.717, 1.165) is 11.1 Å². The Bertz CT molecular complexity index is 1420. The summed E-state index contributed by atoms with van der Waals surface area (Å²) in [6.07, 6.45) is 0.295. The van der Waals surface area contributed by atoms with Crippen molar-refractivity contribution < 1.29 is 28.7 Å². The van der Waals surface area contributed by atoms with E-state index in [1.54, 1.807) is 13.8 Å². The predicted molar refractivity (Wildman–Crippen MR) is 170 cm³/mol. The molecule has 4 rings (SSSR count). The number of fused-ring (bicyclic) bond motifs is 1. The number of hydrogen-bond acceptors (Lipinski definition) is 7. The molecule has 8 N–H and O–H groups in total. The number of cyclic esters (lactones) is 1. The maximum Gasteiger partial charge on any atom is 0.410 e. The molecule has 246 valence electrons. The second-order valence-corrected chi connectivity index (χ2v) is 11.7. The smallest absolute Gasteiger partial charge is 0.410 e. The number of rotatable bonds is 13. The summed E-state index contributed by atoms with van der Waals surface area (Å²) in [5.74, 6) is -2.46. The zero-order valence-corrected chi connectivity index (χ0v) is 26.0. The molecule has 0 radical (unpaired) electrons. The van der Waals surface area contributed by atoms with Gasteiger partial charge in [-0.3, -0.25) is 24.1 Å². The van der Waals surface area contributed by atoms with Crippen LogP contribution >= 0.6 is 0 Å². The molecule has 2 heterocycles. The van der Waals surface area contributed by atoms with E-state index in [4.69, 9.17) is 16.2 Å². The van der Waals surface area contributed by atoms with Crippen LogP contribution in [0.4, 0.5) is 4.79 Å². The summed E-state index contributed by atoms with van der Waals surface area (Å²) in [5, 5.41) is 11.3. The van der Waals surface area contributed by atoms with Gasteiger partial charge in [0.1, 0.15) is 31.3 Å². The van der Waals surface area contributed by atoms with Gasteiger partial charge in [-0.2, -0.15) is 0 Å². The van der Waals surface area contributed by atoms with Crippen molar-refractivity contribution in [2.24, 2.45) is 22.4 Å². The fourth-order valence-electron chi connectivity index (χ4n) is 5.67. The second-order valence-electron chi connectivity index (χ2n) is 11.7. The van der Waals surface area contributed by atoms with Crippen LogP contribution in [0, 0.1) is 5.92 Å². The normalized spacial score (nSPS) is 20.0. The van der Waals surface area contributed by atoms with Crippen LogP contribution < -0.4 is 32.7 Å². The third-order valence-corrected chi connectivity index (χ3v) is 8.02. The summed E-state index contributed by atoms with van der Waals surface area (Å²) in [7, 11) is 0. The summed E-state index contributed by atoms with van der Waals surface area (Å²) < 4.78 is 5.29. The molecule has 2 aliphatic heterocycles. The van der Waals surface area contributed by atoms with Gasteiger partial charge in [-0.25, -0.2) is 9.79 Å². The number of amides is 5. The maximum atomic E-state index is 13.7. The number of nitrogens with zero attached hydrogens (tertiary/aromatic N) is 2. The minimum atomic E-state index is -0.998. The van der Waals surface area contributed by atoms with E-state index in [-0.39, 0.29) is 43.9 Å². The molecular weight excluding hydrogens is 592 g/mol. The van der Waals surface area contributed by atoms with Crippen molar-refractivity contribution in [3.8, 4) is 0 Å². The highest BCUT2D eigenvalue weighted by atomic mass is 16.6. The third-order valence-electron chi connectivity index (χ3n) is 8.02. The minimum absolute atomic E-state index is 0.0614. The van der Waals surface area contributed by atoms with Gasteiger partial charge in [0.15, 0.2) is 5.96 Å². The number of aliphatic imine (C=N–C) groups is 1. The molecule has 5 atom stereocenters. The van der Waals surface area contributed by atoms with Crippen LogP contribution in [0.15, 0.2) is 65.7 Å². The lowest BCUT2D eigenvalue weighted by Gasteiger charge is -2.38. The van der Waals surface area contributed by atoms with E-state index in [2.05, 4.69) is 26.3 Å². The van der Waals surface area contributed by atoms with Crippen molar-refractivity contribution in [2.75, 3.05) is 13.2 Å². The molecule has 46 heavy (non-hydrogen) atoms. The Morgan fingerprint density at radius 1 is 0.935 bits per heavy atom. The van der Waals surface area contributed by atoms with Gasteiger partial charge in [-0.05, 0) is 29.9 Å². The Balaban J connectivity index is 1.43. The van der Waals surface area contributed by atoms with Crippen molar-refractivity contribution in [1.82, 2.24) is 26.2 Å². The molecule has 2 aliphatic rings. The summed E-state index contributed by atoms with van der Waals surface area (Å²) in [6.45, 7) is 3.50. The molecule has 1 unspecified atom stereocenters. The van der Waals surface area contributed by atoms with Crippen LogP contribution in [0.25, 0.3) is 0 Å². The van der Waals surface area contributed by atoms with Gasteiger partial charge in [-0.1, -0.05) is 74.5 Å². The summed E-state index contributed by atoms with van der Waals surface area (Å²) in [6, 6.07) is 14.9. The van der Waals surface area contributed by atoms with Crippen molar-refractivity contribution in [3.63, 3.8) is 0 Å². The first-order valence-electron chi connectivity index (χ1n) is 15.3. The number of guanidine groups is 1. The molecule has 2 aromatic rings. The maximum absolute atomic E-state index is 13.7. The van der Waals surface area contributed by atoms with Crippen molar-refractivity contribution >= 4 is 35.7 Å². The Kier molecular flexibility index (Phi) is 11.5. The van der Waals surface area contributed by atoms with Crippen molar-refractivity contribution in [3.05, 3.63) is 71.8 Å². The number of carbonyl (C=O) groups is 5. The van der Waals surface area contributed by atoms with Crippen LogP contribution in [0.3, 0.4) is 0 Å². The zero-order valence-electron chi connectivity index (χ0n) is 26.0. The molecule has 0 saturated carbocycles. The number of nitrogens with one attached hydrogen (secondary N) is 4. The van der Waals surface area contributed by atoms with Crippen LogP contribution in [-0.4, -0.2) is 83.9 Å². The van der Waals surface area contributed by atoms with E-state index < -0.39 is 54.0 Å². The van der Waals surface area contributed by atoms with Crippen LogP contribution in [0.1, 0.15) is 37.8 Å². The molecule has 0 spiro atoms. The van der Waals surface area contributed by atoms with Crippen LogP contribution in [0.5, 0.6) is 0 Å². The first-order chi connectivity index (χ1) is 22.0. The minimum Gasteiger partial charge on any atom is -0.447 e. The van der Waals surface area contributed by atoms with Gasteiger partial charge < -0.3 is 37.5 Å². The molecule has 0 bridgehead atoms. The first-order valence-corrected chi connectivity index (χ1v) is 15.3. The average molecular weight is 635 g/mol. The van der Waals surface area contributed by atoms with Gasteiger partial charge in [0.2, 0.25) is 23.6 Å². The predicted octanol–water partition coefficient (Wildman–Crippen LogP) is -0.0875. The van der Waals surface area contributed by atoms with E-state index in [1.807, 2.05) is 60.7 Å². The van der Waals surface area contributed by atoms with Gasteiger partial charge in [0, 0.05) is 13.0 Å². The number of benzene rings is 2. The number of hydrogen-bond donors (Lipinski definition) is 6. The Hall–Kier alpha value is -5.14. The quantitative estimate of drug-likeness (QED) is 0.129. The topological polar surface area (TPSA) is 210 Å². The zero-order chi connectivity index (χ0) is 33.2. The second kappa shape index (κ2) is 15.7. The molecule has 0 aromatic heterocycles. The van der Waals surface area contributed by atoms with Gasteiger partial charge in [0.25, 0.3) is 0 Å². The van der Waals surface area contributed by atoms with E-state index in [9.17, 15) is 24.0 Å². The highest BCUT2D eigenvalue weighted by molar-refractivity contribution is 5.94. The van der Waals surface area contributed by atoms with Gasteiger partial charge in [-0.15, -0.1) is 0 Å². The highest BCUT2D eigenvalue weighted by Gasteiger charge is 2.49. The third kappa shape index (κ3) is 8.96.